The minimum atomic E-state index is -0.737. The van der Waals surface area contributed by atoms with Crippen molar-refractivity contribution in [2.45, 2.75) is 25.4 Å². The molecule has 0 radical (unpaired) electrons. The fraction of sp³-hybridized carbons (Fsp3) is 0.600. The molecule has 3 nitrogen and oxygen atoms in total. The van der Waals surface area contributed by atoms with Crippen LogP contribution in [0.1, 0.15) is 25.3 Å². The Morgan fingerprint density at radius 3 is 2.83 bits per heavy atom. The average molecular weight is 249 g/mol. The zero-order valence-electron chi connectivity index (χ0n) is 11.5. The maximum atomic E-state index is 11.0. The van der Waals surface area contributed by atoms with Crippen molar-refractivity contribution in [3.63, 3.8) is 0 Å². The molecule has 1 N–H and O–H groups in total. The van der Waals surface area contributed by atoms with Crippen molar-refractivity contribution in [2.75, 3.05) is 27.2 Å². The second-order valence-electron chi connectivity index (χ2n) is 5.26. The molecule has 18 heavy (non-hydrogen) atoms. The molecule has 1 aromatic carbocycles. The molecular weight excluding hydrogens is 226 g/mol. The van der Waals surface area contributed by atoms with Gasteiger partial charge < -0.3 is 14.7 Å². The minimum absolute atomic E-state index is 0.305. The van der Waals surface area contributed by atoms with Crippen LogP contribution in [-0.2, 0) is 5.60 Å². The molecule has 2 rings (SSSR count). The summed E-state index contributed by atoms with van der Waals surface area (Å²) in [5.74, 6) is 1.12. The molecule has 1 saturated heterocycles. The summed E-state index contributed by atoms with van der Waals surface area (Å²) < 4.78 is 5.26. The number of benzene rings is 1. The quantitative estimate of drug-likeness (QED) is 0.888. The van der Waals surface area contributed by atoms with Crippen LogP contribution in [-0.4, -0.2) is 37.3 Å². The van der Waals surface area contributed by atoms with Gasteiger partial charge >= 0.3 is 0 Å². The van der Waals surface area contributed by atoms with Crippen LogP contribution >= 0.6 is 0 Å². The van der Waals surface area contributed by atoms with E-state index in [1.807, 2.05) is 24.3 Å². The first-order valence-electron chi connectivity index (χ1n) is 6.65. The van der Waals surface area contributed by atoms with Gasteiger partial charge in [0.25, 0.3) is 0 Å². The summed E-state index contributed by atoms with van der Waals surface area (Å²) in [6.07, 6.45) is 1.79. The average Bonchev–Trinajstić information content (AvgIpc) is 2.85. The molecule has 0 saturated carbocycles. The lowest BCUT2D eigenvalue weighted by Crippen LogP contribution is -2.36. The van der Waals surface area contributed by atoms with Gasteiger partial charge in [0.1, 0.15) is 5.75 Å². The second-order valence-corrected chi connectivity index (χ2v) is 5.26. The lowest BCUT2D eigenvalue weighted by molar-refractivity contribution is -0.0236. The Morgan fingerprint density at radius 2 is 2.28 bits per heavy atom. The summed E-state index contributed by atoms with van der Waals surface area (Å²) in [6, 6.07) is 7.83. The summed E-state index contributed by atoms with van der Waals surface area (Å²) in [4.78, 5) is 2.28. The molecule has 3 heteroatoms. The van der Waals surface area contributed by atoms with Crippen molar-refractivity contribution in [1.82, 2.24) is 4.90 Å². The van der Waals surface area contributed by atoms with E-state index in [1.165, 1.54) is 0 Å². The summed E-state index contributed by atoms with van der Waals surface area (Å²) in [7, 11) is 3.77. The molecule has 0 aliphatic carbocycles. The maximum absolute atomic E-state index is 11.0. The first-order chi connectivity index (χ1) is 8.60. The summed E-state index contributed by atoms with van der Waals surface area (Å²) in [5, 5.41) is 11.0. The fourth-order valence-corrected chi connectivity index (χ4v) is 2.95. The van der Waals surface area contributed by atoms with E-state index in [1.54, 1.807) is 7.11 Å². The Bertz CT molecular complexity index is 407. The van der Waals surface area contributed by atoms with Crippen LogP contribution in [0.4, 0.5) is 0 Å². The number of nitrogens with zero attached hydrogens (tertiary/aromatic N) is 1. The predicted octanol–water partition coefficient (Wildman–Crippen LogP) is 2.24. The lowest BCUT2D eigenvalue weighted by Gasteiger charge is -2.34. The van der Waals surface area contributed by atoms with Gasteiger partial charge in [-0.3, -0.25) is 0 Å². The van der Waals surface area contributed by atoms with E-state index < -0.39 is 5.60 Å². The first kappa shape index (κ1) is 13.4. The van der Waals surface area contributed by atoms with Gasteiger partial charge in [-0.1, -0.05) is 19.1 Å². The number of rotatable bonds is 4. The summed E-state index contributed by atoms with van der Waals surface area (Å²) >= 11 is 0. The third-order valence-corrected chi connectivity index (χ3v) is 4.18. The van der Waals surface area contributed by atoms with Gasteiger partial charge in [-0.15, -0.1) is 0 Å². The van der Waals surface area contributed by atoms with E-state index in [0.717, 1.165) is 37.2 Å². The molecule has 2 atom stereocenters. The molecule has 0 spiro atoms. The Morgan fingerprint density at radius 1 is 1.50 bits per heavy atom. The van der Waals surface area contributed by atoms with E-state index in [-0.39, 0.29) is 0 Å². The molecule has 1 aliphatic heterocycles. The highest BCUT2D eigenvalue weighted by molar-refractivity contribution is 5.33. The Kier molecular flexibility index (Phi) is 3.93. The number of methoxy groups -OCH3 is 1. The smallest absolute Gasteiger partial charge is 0.119 e. The number of aliphatic hydroxyl groups is 1. The van der Waals surface area contributed by atoms with Crippen molar-refractivity contribution >= 4 is 0 Å². The predicted molar refractivity (Wildman–Crippen MR) is 72.8 cm³/mol. The van der Waals surface area contributed by atoms with Gasteiger partial charge in [-0.25, -0.2) is 0 Å². The van der Waals surface area contributed by atoms with E-state index >= 15 is 0 Å². The third-order valence-electron chi connectivity index (χ3n) is 4.18. The summed E-state index contributed by atoms with van der Waals surface area (Å²) in [5.41, 5.74) is 0.240. The van der Waals surface area contributed by atoms with Crippen LogP contribution < -0.4 is 4.74 Å². The van der Waals surface area contributed by atoms with Crippen molar-refractivity contribution in [2.24, 2.45) is 5.92 Å². The maximum Gasteiger partial charge on any atom is 0.119 e. The Hall–Kier alpha value is -1.06. The highest BCUT2D eigenvalue weighted by atomic mass is 16.5. The molecule has 1 fully saturated rings. The molecule has 0 aromatic heterocycles. The van der Waals surface area contributed by atoms with Gasteiger partial charge in [-0.2, -0.15) is 0 Å². The molecule has 100 valence electrons. The van der Waals surface area contributed by atoms with Gasteiger partial charge in [0.15, 0.2) is 0 Å². The highest BCUT2D eigenvalue weighted by Crippen LogP contribution is 2.39. The Balaban J connectivity index is 2.30. The van der Waals surface area contributed by atoms with Gasteiger partial charge in [0.05, 0.1) is 12.7 Å². The van der Waals surface area contributed by atoms with Gasteiger partial charge in [-0.05, 0) is 44.1 Å². The van der Waals surface area contributed by atoms with Crippen LogP contribution in [0.5, 0.6) is 5.75 Å². The molecular formula is C15H23NO2. The fourth-order valence-electron chi connectivity index (χ4n) is 2.95. The number of hydrogen-bond acceptors (Lipinski definition) is 3. The zero-order valence-corrected chi connectivity index (χ0v) is 11.5. The largest absolute Gasteiger partial charge is 0.497 e. The molecule has 1 heterocycles. The van der Waals surface area contributed by atoms with E-state index in [9.17, 15) is 5.11 Å². The monoisotopic (exact) mass is 249 g/mol. The van der Waals surface area contributed by atoms with Crippen LogP contribution in [0.2, 0.25) is 0 Å². The Labute approximate surface area is 109 Å². The molecule has 1 aliphatic rings. The van der Waals surface area contributed by atoms with Crippen molar-refractivity contribution in [3.05, 3.63) is 29.8 Å². The normalized spacial score (nSPS) is 23.9. The standard InChI is InChI=1S/C15H23NO2/c1-4-15(17,13-8-9-16(2)11-13)12-6-5-7-14(10-12)18-3/h5-7,10,13,17H,4,8-9,11H2,1-3H3/t13-,15+/m1/s1. The number of likely N-dealkylation sites (tertiary alicyclic amines) is 1. The molecule has 0 amide bonds. The van der Waals surface area contributed by atoms with Gasteiger partial charge in [0, 0.05) is 12.5 Å². The zero-order chi connectivity index (χ0) is 13.2. The summed E-state index contributed by atoms with van der Waals surface area (Å²) in [6.45, 7) is 4.08. The third kappa shape index (κ3) is 2.38. The van der Waals surface area contributed by atoms with Crippen molar-refractivity contribution in [3.8, 4) is 5.75 Å². The molecule has 1 aromatic rings. The highest BCUT2D eigenvalue weighted by Gasteiger charge is 2.40. The first-order valence-corrected chi connectivity index (χ1v) is 6.65. The minimum Gasteiger partial charge on any atom is -0.497 e. The van der Waals surface area contributed by atoms with Crippen LogP contribution in [0.15, 0.2) is 24.3 Å². The van der Waals surface area contributed by atoms with Crippen LogP contribution in [0.3, 0.4) is 0 Å². The van der Waals surface area contributed by atoms with E-state index in [4.69, 9.17) is 4.74 Å². The van der Waals surface area contributed by atoms with E-state index in [0.29, 0.717) is 5.92 Å². The second kappa shape index (κ2) is 5.29. The number of hydrogen-bond donors (Lipinski definition) is 1. The van der Waals surface area contributed by atoms with Crippen LogP contribution in [0.25, 0.3) is 0 Å². The lowest BCUT2D eigenvalue weighted by atomic mass is 9.78. The topological polar surface area (TPSA) is 32.7 Å². The molecule has 0 bridgehead atoms. The van der Waals surface area contributed by atoms with E-state index in [2.05, 4.69) is 18.9 Å². The van der Waals surface area contributed by atoms with Crippen molar-refractivity contribution < 1.29 is 9.84 Å². The SMILES string of the molecule is CC[C@](O)(c1cccc(OC)c1)[C@@H]1CCN(C)C1. The number of ether oxygens (including phenoxy) is 1. The van der Waals surface area contributed by atoms with Crippen LogP contribution in [0, 0.1) is 5.92 Å². The van der Waals surface area contributed by atoms with Gasteiger partial charge in [0.2, 0.25) is 0 Å². The van der Waals surface area contributed by atoms with Crippen molar-refractivity contribution in [1.29, 1.82) is 0 Å². The molecule has 0 unspecified atom stereocenters.